The van der Waals surface area contributed by atoms with Crippen LogP contribution < -0.4 is 4.74 Å². The fraction of sp³-hybridized carbons (Fsp3) is 0.429. The first kappa shape index (κ1) is 12.6. The van der Waals surface area contributed by atoms with Gasteiger partial charge in [-0.3, -0.25) is 0 Å². The van der Waals surface area contributed by atoms with Crippen molar-refractivity contribution in [1.82, 2.24) is 15.0 Å². The lowest BCUT2D eigenvalue weighted by molar-refractivity contribution is 0.415. The second-order valence-corrected chi connectivity index (χ2v) is 4.26. The molecule has 2 rings (SSSR count). The summed E-state index contributed by atoms with van der Waals surface area (Å²) in [5.74, 6) is 0.856. The van der Waals surface area contributed by atoms with Crippen molar-refractivity contribution < 1.29 is 4.74 Å². The smallest absolute Gasteiger partial charge is 0.118 e. The Balaban J connectivity index is 2.04. The van der Waals surface area contributed by atoms with E-state index in [1.54, 1.807) is 11.9 Å². The number of hydrogen-bond acceptors (Lipinski definition) is 3. The largest absolute Gasteiger partial charge is 0.497 e. The Morgan fingerprint density at radius 1 is 1.17 bits per heavy atom. The molecule has 0 amide bonds. The van der Waals surface area contributed by atoms with Gasteiger partial charge in [0, 0.05) is 5.56 Å². The molecule has 4 nitrogen and oxygen atoms in total. The SMILES string of the molecule is CCCCCn1ncc(-c2ccc(OC)cc2)n1. The van der Waals surface area contributed by atoms with Crippen LogP contribution in [0.4, 0.5) is 0 Å². The number of hydrogen-bond donors (Lipinski definition) is 0. The van der Waals surface area contributed by atoms with Crippen LogP contribution in [0.2, 0.25) is 0 Å². The Hall–Kier alpha value is -1.84. The van der Waals surface area contributed by atoms with Crippen molar-refractivity contribution in [3.05, 3.63) is 30.5 Å². The van der Waals surface area contributed by atoms with E-state index in [0.29, 0.717) is 0 Å². The third kappa shape index (κ3) is 3.09. The predicted octanol–water partition coefficient (Wildman–Crippen LogP) is 3.14. The van der Waals surface area contributed by atoms with E-state index in [2.05, 4.69) is 17.1 Å². The zero-order valence-electron chi connectivity index (χ0n) is 11.0. The monoisotopic (exact) mass is 245 g/mol. The molecule has 0 saturated carbocycles. The van der Waals surface area contributed by atoms with Gasteiger partial charge < -0.3 is 4.74 Å². The normalized spacial score (nSPS) is 10.6. The number of aryl methyl sites for hydroxylation is 1. The van der Waals surface area contributed by atoms with Crippen molar-refractivity contribution in [2.75, 3.05) is 7.11 Å². The maximum atomic E-state index is 5.13. The zero-order chi connectivity index (χ0) is 12.8. The first-order valence-corrected chi connectivity index (χ1v) is 6.38. The van der Waals surface area contributed by atoms with Crippen molar-refractivity contribution in [3.63, 3.8) is 0 Å². The van der Waals surface area contributed by atoms with Crippen molar-refractivity contribution in [2.24, 2.45) is 0 Å². The highest BCUT2D eigenvalue weighted by molar-refractivity contribution is 5.58. The van der Waals surface area contributed by atoms with Gasteiger partial charge in [-0.05, 0) is 30.7 Å². The van der Waals surface area contributed by atoms with E-state index in [0.717, 1.165) is 30.0 Å². The maximum absolute atomic E-state index is 5.13. The van der Waals surface area contributed by atoms with E-state index in [-0.39, 0.29) is 0 Å². The van der Waals surface area contributed by atoms with Gasteiger partial charge in [0.05, 0.1) is 19.9 Å². The molecule has 1 heterocycles. The Bertz CT molecular complexity index is 476. The van der Waals surface area contributed by atoms with Crippen LogP contribution in [0.15, 0.2) is 30.5 Å². The summed E-state index contributed by atoms with van der Waals surface area (Å²) in [7, 11) is 1.67. The number of unbranched alkanes of at least 4 members (excludes halogenated alkanes) is 2. The fourth-order valence-electron chi connectivity index (χ4n) is 1.80. The number of methoxy groups -OCH3 is 1. The van der Waals surface area contributed by atoms with Gasteiger partial charge in [0.1, 0.15) is 11.4 Å². The lowest BCUT2D eigenvalue weighted by Gasteiger charge is -2.00. The summed E-state index contributed by atoms with van der Waals surface area (Å²) >= 11 is 0. The quantitative estimate of drug-likeness (QED) is 0.734. The van der Waals surface area contributed by atoms with E-state index >= 15 is 0 Å². The van der Waals surface area contributed by atoms with Crippen LogP contribution in [0.3, 0.4) is 0 Å². The summed E-state index contributed by atoms with van der Waals surface area (Å²) < 4.78 is 5.13. The van der Waals surface area contributed by atoms with Gasteiger partial charge in [0.2, 0.25) is 0 Å². The number of nitrogens with zero attached hydrogens (tertiary/aromatic N) is 3. The molecule has 2 aromatic rings. The molecule has 0 bridgehead atoms. The molecule has 0 atom stereocenters. The molecule has 0 fully saturated rings. The zero-order valence-corrected chi connectivity index (χ0v) is 11.0. The molecule has 0 saturated heterocycles. The third-order valence-corrected chi connectivity index (χ3v) is 2.88. The summed E-state index contributed by atoms with van der Waals surface area (Å²) in [5, 5.41) is 8.75. The highest BCUT2D eigenvalue weighted by Gasteiger charge is 2.03. The average molecular weight is 245 g/mol. The minimum Gasteiger partial charge on any atom is -0.497 e. The number of benzene rings is 1. The maximum Gasteiger partial charge on any atom is 0.118 e. The molecule has 4 heteroatoms. The van der Waals surface area contributed by atoms with Crippen LogP contribution >= 0.6 is 0 Å². The molecule has 1 aromatic heterocycles. The average Bonchev–Trinajstić information content (AvgIpc) is 2.88. The van der Waals surface area contributed by atoms with Crippen molar-refractivity contribution in [1.29, 1.82) is 0 Å². The van der Waals surface area contributed by atoms with Gasteiger partial charge >= 0.3 is 0 Å². The predicted molar refractivity (Wildman–Crippen MR) is 71.5 cm³/mol. The van der Waals surface area contributed by atoms with Gasteiger partial charge in [0.15, 0.2) is 0 Å². The van der Waals surface area contributed by atoms with Crippen LogP contribution in [-0.2, 0) is 6.54 Å². The number of ether oxygens (including phenoxy) is 1. The lowest BCUT2D eigenvalue weighted by Crippen LogP contribution is -2.02. The molecule has 0 spiro atoms. The third-order valence-electron chi connectivity index (χ3n) is 2.88. The summed E-state index contributed by atoms with van der Waals surface area (Å²) in [5.41, 5.74) is 1.98. The van der Waals surface area contributed by atoms with Crippen molar-refractivity contribution >= 4 is 0 Å². The molecule has 18 heavy (non-hydrogen) atoms. The van der Waals surface area contributed by atoms with Crippen LogP contribution in [0.5, 0.6) is 5.75 Å². The number of rotatable bonds is 6. The second-order valence-electron chi connectivity index (χ2n) is 4.26. The van der Waals surface area contributed by atoms with E-state index in [9.17, 15) is 0 Å². The Kier molecular flexibility index (Phi) is 4.34. The first-order chi connectivity index (χ1) is 8.83. The second kappa shape index (κ2) is 6.19. The lowest BCUT2D eigenvalue weighted by atomic mass is 10.2. The van der Waals surface area contributed by atoms with Gasteiger partial charge in [-0.25, -0.2) is 0 Å². The van der Waals surface area contributed by atoms with Crippen molar-refractivity contribution in [3.8, 4) is 17.0 Å². The standard InChI is InChI=1S/C14H19N3O/c1-3-4-5-10-17-15-11-14(16-17)12-6-8-13(18-2)9-7-12/h6-9,11H,3-5,10H2,1-2H3. The number of aromatic nitrogens is 3. The van der Waals surface area contributed by atoms with E-state index in [1.165, 1.54) is 12.8 Å². The Labute approximate surface area is 108 Å². The molecule has 0 aliphatic rings. The molecule has 0 N–H and O–H groups in total. The van der Waals surface area contributed by atoms with E-state index < -0.39 is 0 Å². The van der Waals surface area contributed by atoms with Crippen LogP contribution in [0.1, 0.15) is 26.2 Å². The van der Waals surface area contributed by atoms with Gasteiger partial charge in [0.25, 0.3) is 0 Å². The minimum absolute atomic E-state index is 0.856. The van der Waals surface area contributed by atoms with Crippen LogP contribution in [0, 0.1) is 0 Å². The highest BCUT2D eigenvalue weighted by atomic mass is 16.5. The summed E-state index contributed by atoms with van der Waals surface area (Å²) in [6, 6.07) is 7.87. The summed E-state index contributed by atoms with van der Waals surface area (Å²) in [4.78, 5) is 1.77. The summed E-state index contributed by atoms with van der Waals surface area (Å²) in [6.45, 7) is 3.09. The fourth-order valence-corrected chi connectivity index (χ4v) is 1.80. The molecular formula is C14H19N3O. The van der Waals surface area contributed by atoms with Crippen molar-refractivity contribution in [2.45, 2.75) is 32.7 Å². The van der Waals surface area contributed by atoms with Crippen LogP contribution in [-0.4, -0.2) is 22.1 Å². The Morgan fingerprint density at radius 2 is 1.94 bits per heavy atom. The molecule has 96 valence electrons. The molecule has 0 radical (unpaired) electrons. The topological polar surface area (TPSA) is 39.9 Å². The molecule has 1 aromatic carbocycles. The minimum atomic E-state index is 0.856. The highest BCUT2D eigenvalue weighted by Crippen LogP contribution is 2.19. The van der Waals surface area contributed by atoms with Gasteiger partial charge in [-0.1, -0.05) is 19.8 Å². The van der Waals surface area contributed by atoms with E-state index in [4.69, 9.17) is 4.74 Å². The van der Waals surface area contributed by atoms with E-state index in [1.807, 2.05) is 30.5 Å². The van der Waals surface area contributed by atoms with Gasteiger partial charge in [-0.2, -0.15) is 15.0 Å². The summed E-state index contributed by atoms with van der Waals surface area (Å²) in [6.07, 6.45) is 5.38. The van der Waals surface area contributed by atoms with Crippen LogP contribution in [0.25, 0.3) is 11.3 Å². The Morgan fingerprint density at radius 3 is 2.61 bits per heavy atom. The molecule has 0 aliphatic carbocycles. The molecule has 0 aliphatic heterocycles. The first-order valence-electron chi connectivity index (χ1n) is 6.38. The van der Waals surface area contributed by atoms with Gasteiger partial charge in [-0.15, -0.1) is 0 Å². The molecular weight excluding hydrogens is 226 g/mol. The molecule has 0 unspecified atom stereocenters.